The van der Waals surface area contributed by atoms with Crippen LogP contribution in [0.4, 0.5) is 4.79 Å². The molecule has 124 valence electrons. The van der Waals surface area contributed by atoms with E-state index in [0.29, 0.717) is 6.54 Å². The minimum absolute atomic E-state index is 0.103. The standard InChI is InChI=1S/C15H26N4O3/c1-10(18-14(21)22)13(15(2,3)4)17-9-12(20)19-7-5-6-11(19)8-16/h10-11,13,17-18H,5-7,9H2,1-4H3,(H,21,22)/t10-,11?,13?/m0/s1. The molecular formula is C15H26N4O3. The fraction of sp³-hybridized carbons (Fsp3) is 0.800. The third-order valence-corrected chi connectivity index (χ3v) is 3.98. The normalized spacial score (nSPS) is 21.0. The van der Waals surface area contributed by atoms with Crippen LogP contribution in [0.2, 0.25) is 0 Å². The van der Waals surface area contributed by atoms with Gasteiger partial charge in [0.2, 0.25) is 5.91 Å². The largest absolute Gasteiger partial charge is 0.465 e. The smallest absolute Gasteiger partial charge is 0.404 e. The van der Waals surface area contributed by atoms with Gasteiger partial charge in [-0.25, -0.2) is 4.79 Å². The second-order valence-corrected chi connectivity index (χ2v) is 6.84. The summed E-state index contributed by atoms with van der Waals surface area (Å²) in [5, 5.41) is 23.5. The highest BCUT2D eigenvalue weighted by molar-refractivity contribution is 5.79. The van der Waals surface area contributed by atoms with E-state index in [1.54, 1.807) is 11.8 Å². The fourth-order valence-corrected chi connectivity index (χ4v) is 3.01. The minimum Gasteiger partial charge on any atom is -0.465 e. The Morgan fingerprint density at radius 3 is 2.59 bits per heavy atom. The van der Waals surface area contributed by atoms with Gasteiger partial charge < -0.3 is 20.6 Å². The van der Waals surface area contributed by atoms with Gasteiger partial charge in [0.1, 0.15) is 6.04 Å². The van der Waals surface area contributed by atoms with Crippen LogP contribution in [0.1, 0.15) is 40.5 Å². The number of nitriles is 1. The van der Waals surface area contributed by atoms with Crippen molar-refractivity contribution >= 4 is 12.0 Å². The number of amides is 2. The lowest BCUT2D eigenvalue weighted by atomic mass is 9.82. The van der Waals surface area contributed by atoms with E-state index < -0.39 is 6.09 Å². The summed E-state index contributed by atoms with van der Waals surface area (Å²) >= 11 is 0. The van der Waals surface area contributed by atoms with E-state index in [1.807, 2.05) is 20.8 Å². The molecular weight excluding hydrogens is 284 g/mol. The number of carbonyl (C=O) groups is 2. The third-order valence-electron chi connectivity index (χ3n) is 3.98. The van der Waals surface area contributed by atoms with Crippen molar-refractivity contribution in [3.05, 3.63) is 0 Å². The molecule has 0 aromatic heterocycles. The van der Waals surface area contributed by atoms with Crippen molar-refractivity contribution in [1.82, 2.24) is 15.5 Å². The Kier molecular flexibility index (Phi) is 6.18. The molecule has 0 aromatic carbocycles. The molecule has 3 N–H and O–H groups in total. The molecule has 2 unspecified atom stereocenters. The first-order valence-electron chi connectivity index (χ1n) is 7.58. The van der Waals surface area contributed by atoms with E-state index in [0.717, 1.165) is 12.8 Å². The number of nitrogens with zero attached hydrogens (tertiary/aromatic N) is 2. The van der Waals surface area contributed by atoms with Gasteiger partial charge in [0.15, 0.2) is 0 Å². The first kappa shape index (κ1) is 18.2. The lowest BCUT2D eigenvalue weighted by molar-refractivity contribution is -0.130. The Morgan fingerprint density at radius 1 is 1.45 bits per heavy atom. The van der Waals surface area contributed by atoms with Gasteiger partial charge >= 0.3 is 6.09 Å². The number of carbonyl (C=O) groups excluding carboxylic acids is 1. The van der Waals surface area contributed by atoms with E-state index in [-0.39, 0.29) is 36.0 Å². The Bertz CT molecular complexity index is 453. The van der Waals surface area contributed by atoms with Crippen molar-refractivity contribution < 1.29 is 14.7 Å². The first-order valence-corrected chi connectivity index (χ1v) is 7.58. The van der Waals surface area contributed by atoms with E-state index in [4.69, 9.17) is 10.4 Å². The van der Waals surface area contributed by atoms with Crippen molar-refractivity contribution in [3.8, 4) is 6.07 Å². The highest BCUT2D eigenvalue weighted by atomic mass is 16.4. The molecule has 1 aliphatic heterocycles. The van der Waals surface area contributed by atoms with E-state index in [1.165, 1.54) is 0 Å². The SMILES string of the molecule is C[C@H](NC(=O)O)C(NCC(=O)N1CCCC1C#N)C(C)(C)C. The maximum Gasteiger partial charge on any atom is 0.404 e. The molecule has 7 nitrogen and oxygen atoms in total. The van der Waals surface area contributed by atoms with Gasteiger partial charge in [0.05, 0.1) is 12.6 Å². The second kappa shape index (κ2) is 7.45. The van der Waals surface area contributed by atoms with E-state index >= 15 is 0 Å². The van der Waals surface area contributed by atoms with Crippen LogP contribution < -0.4 is 10.6 Å². The van der Waals surface area contributed by atoms with Crippen molar-refractivity contribution in [2.24, 2.45) is 5.41 Å². The summed E-state index contributed by atoms with van der Waals surface area (Å²) in [6.07, 6.45) is 0.491. The summed E-state index contributed by atoms with van der Waals surface area (Å²) in [7, 11) is 0. The van der Waals surface area contributed by atoms with Crippen LogP contribution in [0.25, 0.3) is 0 Å². The van der Waals surface area contributed by atoms with Gasteiger partial charge in [-0.2, -0.15) is 5.26 Å². The lowest BCUT2D eigenvalue weighted by Gasteiger charge is -2.36. The van der Waals surface area contributed by atoms with E-state index in [2.05, 4.69) is 16.7 Å². The van der Waals surface area contributed by atoms with Crippen molar-refractivity contribution in [2.75, 3.05) is 13.1 Å². The fourth-order valence-electron chi connectivity index (χ4n) is 3.01. The van der Waals surface area contributed by atoms with Gasteiger partial charge in [-0.3, -0.25) is 4.79 Å². The molecule has 1 aliphatic rings. The monoisotopic (exact) mass is 310 g/mol. The Labute approximate surface area is 131 Å². The van der Waals surface area contributed by atoms with Crippen LogP contribution >= 0.6 is 0 Å². The van der Waals surface area contributed by atoms with Gasteiger partial charge in [0, 0.05) is 18.6 Å². The van der Waals surface area contributed by atoms with Crippen molar-refractivity contribution in [3.63, 3.8) is 0 Å². The number of hydrogen-bond acceptors (Lipinski definition) is 4. The number of rotatable bonds is 5. The zero-order valence-electron chi connectivity index (χ0n) is 13.7. The molecule has 0 spiro atoms. The molecule has 0 bridgehead atoms. The number of carboxylic acid groups (broad SMARTS) is 1. The summed E-state index contributed by atoms with van der Waals surface area (Å²) in [6.45, 7) is 8.46. The second-order valence-electron chi connectivity index (χ2n) is 6.84. The molecule has 0 saturated carbocycles. The van der Waals surface area contributed by atoms with Gasteiger partial charge in [0.25, 0.3) is 0 Å². The summed E-state index contributed by atoms with van der Waals surface area (Å²) < 4.78 is 0. The Hall–Kier alpha value is -1.81. The molecule has 7 heteroatoms. The number of hydrogen-bond donors (Lipinski definition) is 3. The molecule has 1 heterocycles. The van der Waals surface area contributed by atoms with E-state index in [9.17, 15) is 9.59 Å². The molecule has 2 amide bonds. The average Bonchev–Trinajstić information content (AvgIpc) is 2.84. The van der Waals surface area contributed by atoms with Gasteiger partial charge in [-0.05, 0) is 25.2 Å². The lowest BCUT2D eigenvalue weighted by Crippen LogP contribution is -2.56. The summed E-state index contributed by atoms with van der Waals surface area (Å²) in [4.78, 5) is 24.7. The average molecular weight is 310 g/mol. The Balaban J connectivity index is 2.65. The maximum absolute atomic E-state index is 12.3. The van der Waals surface area contributed by atoms with Crippen LogP contribution in [0.3, 0.4) is 0 Å². The van der Waals surface area contributed by atoms with Crippen LogP contribution in [-0.2, 0) is 4.79 Å². The van der Waals surface area contributed by atoms with Crippen molar-refractivity contribution in [1.29, 1.82) is 5.26 Å². The predicted molar refractivity (Wildman–Crippen MR) is 82.2 cm³/mol. The molecule has 1 rings (SSSR count). The number of likely N-dealkylation sites (tertiary alicyclic amines) is 1. The summed E-state index contributed by atoms with van der Waals surface area (Å²) in [5.41, 5.74) is -0.220. The number of nitrogens with one attached hydrogen (secondary N) is 2. The Morgan fingerprint density at radius 2 is 2.09 bits per heavy atom. The highest BCUT2D eigenvalue weighted by Gasteiger charge is 2.33. The summed E-state index contributed by atoms with van der Waals surface area (Å²) in [5.74, 6) is -0.110. The maximum atomic E-state index is 12.3. The third kappa shape index (κ3) is 4.88. The van der Waals surface area contributed by atoms with Gasteiger partial charge in [-0.15, -0.1) is 0 Å². The molecule has 1 fully saturated rings. The molecule has 3 atom stereocenters. The zero-order chi connectivity index (χ0) is 16.9. The molecule has 0 aromatic rings. The van der Waals surface area contributed by atoms with Crippen molar-refractivity contribution in [2.45, 2.75) is 58.7 Å². The molecule has 0 radical (unpaired) electrons. The molecule has 0 aliphatic carbocycles. The highest BCUT2D eigenvalue weighted by Crippen LogP contribution is 2.22. The van der Waals surface area contributed by atoms with Crippen LogP contribution in [0.15, 0.2) is 0 Å². The topological polar surface area (TPSA) is 105 Å². The van der Waals surface area contributed by atoms with Gasteiger partial charge in [-0.1, -0.05) is 20.8 Å². The quantitative estimate of drug-likeness (QED) is 0.706. The van der Waals surface area contributed by atoms with Crippen LogP contribution in [0.5, 0.6) is 0 Å². The van der Waals surface area contributed by atoms with Crippen LogP contribution in [-0.4, -0.2) is 53.2 Å². The first-order chi connectivity index (χ1) is 10.2. The summed E-state index contributed by atoms with van der Waals surface area (Å²) in [6, 6.07) is 1.28. The minimum atomic E-state index is -1.08. The predicted octanol–water partition coefficient (Wildman–Crippen LogP) is 1.16. The molecule has 22 heavy (non-hydrogen) atoms. The zero-order valence-corrected chi connectivity index (χ0v) is 13.7. The molecule has 1 saturated heterocycles. The van der Waals surface area contributed by atoms with Crippen LogP contribution in [0, 0.1) is 16.7 Å².